The second-order valence-corrected chi connectivity index (χ2v) is 3.59. The van der Waals surface area contributed by atoms with E-state index in [1.165, 1.54) is 12.1 Å². The highest BCUT2D eigenvalue weighted by atomic mass is 127. The highest BCUT2D eigenvalue weighted by Gasteiger charge is 2.06. The van der Waals surface area contributed by atoms with Crippen LogP contribution in [0.5, 0.6) is 0 Å². The Balaban J connectivity index is 3.09. The fourth-order valence-electron chi connectivity index (χ4n) is 0.899. The van der Waals surface area contributed by atoms with Crippen LogP contribution >= 0.6 is 22.6 Å². The molecule has 0 saturated carbocycles. The highest BCUT2D eigenvalue weighted by molar-refractivity contribution is 14.1. The molecule has 12 heavy (non-hydrogen) atoms. The summed E-state index contributed by atoms with van der Waals surface area (Å²) >= 11 is 2.06. The zero-order valence-electron chi connectivity index (χ0n) is 6.43. The Bertz CT molecular complexity index is 299. The van der Waals surface area contributed by atoms with Gasteiger partial charge < -0.3 is 5.73 Å². The summed E-state index contributed by atoms with van der Waals surface area (Å²) in [4.78, 5) is 0. The Labute approximate surface area is 84.6 Å². The first-order valence-corrected chi connectivity index (χ1v) is 4.56. The normalized spacial score (nSPS) is 12.6. The van der Waals surface area contributed by atoms with Gasteiger partial charge in [-0.15, -0.1) is 6.58 Å². The van der Waals surface area contributed by atoms with Crippen LogP contribution in [0.1, 0.15) is 11.6 Å². The lowest BCUT2D eigenvalue weighted by Crippen LogP contribution is -2.08. The minimum absolute atomic E-state index is 0.211. The van der Waals surface area contributed by atoms with Crippen LogP contribution in [-0.2, 0) is 0 Å². The molecule has 0 amide bonds. The van der Waals surface area contributed by atoms with Crippen LogP contribution in [0.15, 0.2) is 30.9 Å². The molecule has 1 aromatic carbocycles. The SMILES string of the molecule is C=C[C@H](N)c1ccc(F)cc1I. The first-order chi connectivity index (χ1) is 5.65. The molecule has 0 spiro atoms. The molecule has 2 N–H and O–H groups in total. The van der Waals surface area contributed by atoms with E-state index in [9.17, 15) is 4.39 Å². The van der Waals surface area contributed by atoms with Crippen molar-refractivity contribution in [2.75, 3.05) is 0 Å². The number of rotatable bonds is 2. The molecule has 1 nitrogen and oxygen atoms in total. The molecule has 64 valence electrons. The number of halogens is 2. The van der Waals surface area contributed by atoms with E-state index < -0.39 is 0 Å². The third-order valence-electron chi connectivity index (χ3n) is 1.58. The van der Waals surface area contributed by atoms with Crippen LogP contribution in [0.25, 0.3) is 0 Å². The second kappa shape index (κ2) is 4.00. The first kappa shape index (κ1) is 9.67. The number of hydrogen-bond acceptors (Lipinski definition) is 1. The van der Waals surface area contributed by atoms with Gasteiger partial charge in [0.05, 0.1) is 0 Å². The van der Waals surface area contributed by atoms with Crippen molar-refractivity contribution in [3.63, 3.8) is 0 Å². The molecule has 3 heteroatoms. The number of nitrogens with two attached hydrogens (primary N) is 1. The van der Waals surface area contributed by atoms with Crippen LogP contribution in [0, 0.1) is 9.39 Å². The fraction of sp³-hybridized carbons (Fsp3) is 0.111. The summed E-state index contributed by atoms with van der Waals surface area (Å²) in [5.41, 5.74) is 6.61. The predicted octanol–water partition coefficient (Wildman–Crippen LogP) is 2.62. The first-order valence-electron chi connectivity index (χ1n) is 3.48. The molecule has 1 aromatic rings. The number of benzene rings is 1. The minimum Gasteiger partial charge on any atom is -0.321 e. The number of hydrogen-bond donors (Lipinski definition) is 1. The van der Waals surface area contributed by atoms with E-state index in [-0.39, 0.29) is 11.9 Å². The van der Waals surface area contributed by atoms with Crippen molar-refractivity contribution in [1.29, 1.82) is 0 Å². The molecule has 0 aliphatic heterocycles. The summed E-state index contributed by atoms with van der Waals surface area (Å²) in [6, 6.07) is 4.33. The maximum Gasteiger partial charge on any atom is 0.124 e. The van der Waals surface area contributed by atoms with Crippen LogP contribution in [0.2, 0.25) is 0 Å². The topological polar surface area (TPSA) is 26.0 Å². The van der Waals surface area contributed by atoms with Gasteiger partial charge in [-0.05, 0) is 40.3 Å². The lowest BCUT2D eigenvalue weighted by Gasteiger charge is -2.08. The molecule has 0 aromatic heterocycles. The monoisotopic (exact) mass is 277 g/mol. The van der Waals surface area contributed by atoms with E-state index in [4.69, 9.17) is 5.73 Å². The van der Waals surface area contributed by atoms with Gasteiger partial charge in [-0.2, -0.15) is 0 Å². The van der Waals surface area contributed by atoms with Gasteiger partial charge in [-0.1, -0.05) is 12.1 Å². The third-order valence-corrected chi connectivity index (χ3v) is 2.51. The van der Waals surface area contributed by atoms with Gasteiger partial charge in [0.2, 0.25) is 0 Å². The minimum atomic E-state index is -0.237. The van der Waals surface area contributed by atoms with Gasteiger partial charge in [0, 0.05) is 9.61 Å². The van der Waals surface area contributed by atoms with Crippen molar-refractivity contribution in [3.05, 3.63) is 45.8 Å². The summed E-state index contributed by atoms with van der Waals surface area (Å²) in [5.74, 6) is -0.237. The molecule has 0 bridgehead atoms. The van der Waals surface area contributed by atoms with Crippen molar-refractivity contribution in [3.8, 4) is 0 Å². The average molecular weight is 277 g/mol. The quantitative estimate of drug-likeness (QED) is 0.652. The molecular formula is C9H9FIN. The van der Waals surface area contributed by atoms with Gasteiger partial charge >= 0.3 is 0 Å². The molecule has 1 rings (SSSR count). The summed E-state index contributed by atoms with van der Waals surface area (Å²) in [6.45, 7) is 3.58. The van der Waals surface area contributed by atoms with Crippen LogP contribution < -0.4 is 5.73 Å². The summed E-state index contributed by atoms with van der Waals surface area (Å²) in [5, 5.41) is 0. The zero-order chi connectivity index (χ0) is 9.14. The highest BCUT2D eigenvalue weighted by Crippen LogP contribution is 2.19. The standard InChI is InChI=1S/C9H9FIN/c1-2-9(12)7-4-3-6(10)5-8(7)11/h2-5,9H,1,12H2/t9-/m0/s1. The van der Waals surface area contributed by atoms with Crippen molar-refractivity contribution in [1.82, 2.24) is 0 Å². The summed E-state index contributed by atoms with van der Waals surface area (Å²) in [7, 11) is 0. The fourth-order valence-corrected chi connectivity index (χ4v) is 1.74. The Morgan fingerprint density at radius 3 is 2.75 bits per heavy atom. The maximum atomic E-state index is 12.6. The molecular weight excluding hydrogens is 268 g/mol. The Kier molecular flexibility index (Phi) is 3.22. The lowest BCUT2D eigenvalue weighted by molar-refractivity contribution is 0.625. The molecule has 0 aliphatic carbocycles. The largest absolute Gasteiger partial charge is 0.321 e. The Hall–Kier alpha value is -0.420. The summed E-state index contributed by atoms with van der Waals surface area (Å²) < 4.78 is 13.5. The average Bonchev–Trinajstić information content (AvgIpc) is 2.03. The molecule has 1 atom stereocenters. The third kappa shape index (κ3) is 2.04. The van der Waals surface area contributed by atoms with E-state index in [1.54, 1.807) is 12.1 Å². The van der Waals surface area contributed by atoms with Gasteiger partial charge in [0.1, 0.15) is 5.82 Å². The van der Waals surface area contributed by atoms with Gasteiger partial charge in [0.25, 0.3) is 0 Å². The van der Waals surface area contributed by atoms with Crippen molar-refractivity contribution in [2.45, 2.75) is 6.04 Å². The smallest absolute Gasteiger partial charge is 0.124 e. The Morgan fingerprint density at radius 1 is 1.58 bits per heavy atom. The van der Waals surface area contributed by atoms with Crippen molar-refractivity contribution >= 4 is 22.6 Å². The molecule has 0 unspecified atom stereocenters. The molecule has 0 saturated heterocycles. The van der Waals surface area contributed by atoms with Crippen LogP contribution in [0.3, 0.4) is 0 Å². The Morgan fingerprint density at radius 2 is 2.25 bits per heavy atom. The van der Waals surface area contributed by atoms with E-state index in [2.05, 4.69) is 29.2 Å². The van der Waals surface area contributed by atoms with Crippen LogP contribution in [0.4, 0.5) is 4.39 Å². The van der Waals surface area contributed by atoms with Crippen molar-refractivity contribution < 1.29 is 4.39 Å². The van der Waals surface area contributed by atoms with E-state index >= 15 is 0 Å². The van der Waals surface area contributed by atoms with E-state index in [0.717, 1.165) is 9.13 Å². The maximum absolute atomic E-state index is 12.6. The van der Waals surface area contributed by atoms with E-state index in [1.807, 2.05) is 0 Å². The molecule has 0 radical (unpaired) electrons. The molecule has 0 fully saturated rings. The second-order valence-electron chi connectivity index (χ2n) is 2.43. The summed E-state index contributed by atoms with van der Waals surface area (Å²) in [6.07, 6.45) is 1.63. The molecule has 0 aliphatic rings. The molecule has 0 heterocycles. The predicted molar refractivity (Wildman–Crippen MR) is 56.2 cm³/mol. The van der Waals surface area contributed by atoms with Gasteiger partial charge in [-0.25, -0.2) is 4.39 Å². The van der Waals surface area contributed by atoms with Gasteiger partial charge in [-0.3, -0.25) is 0 Å². The van der Waals surface area contributed by atoms with Gasteiger partial charge in [0.15, 0.2) is 0 Å². The zero-order valence-corrected chi connectivity index (χ0v) is 8.58. The van der Waals surface area contributed by atoms with E-state index in [0.29, 0.717) is 0 Å². The van der Waals surface area contributed by atoms with Crippen molar-refractivity contribution in [2.24, 2.45) is 5.73 Å². The lowest BCUT2D eigenvalue weighted by atomic mass is 10.1. The van der Waals surface area contributed by atoms with Crippen LogP contribution in [-0.4, -0.2) is 0 Å².